The highest BCUT2D eigenvalue weighted by Gasteiger charge is 2.27. The zero-order valence-corrected chi connectivity index (χ0v) is 10.9. The average Bonchev–Trinajstić information content (AvgIpc) is 2.62. The first-order valence-electron chi connectivity index (χ1n) is 7.02. The van der Waals surface area contributed by atoms with E-state index in [1.54, 1.807) is 0 Å². The Morgan fingerprint density at radius 1 is 1.19 bits per heavy atom. The number of carbonyl (C=O) groups excluding carboxylic acids is 1. The van der Waals surface area contributed by atoms with Crippen LogP contribution >= 0.6 is 0 Å². The van der Waals surface area contributed by atoms with Crippen molar-refractivity contribution >= 4 is 5.78 Å². The third kappa shape index (κ3) is 4.11. The van der Waals surface area contributed by atoms with Crippen molar-refractivity contribution in [3.8, 4) is 0 Å². The Hall–Kier alpha value is -0.590. The Labute approximate surface area is 100 Å². The van der Waals surface area contributed by atoms with Crippen LogP contribution < -0.4 is 0 Å². The summed E-state index contributed by atoms with van der Waals surface area (Å²) >= 11 is 0. The Bertz CT molecular complexity index is 240. The van der Waals surface area contributed by atoms with E-state index in [0.717, 1.165) is 31.3 Å². The second-order valence-electron chi connectivity index (χ2n) is 4.97. The molecule has 1 aliphatic rings. The third-order valence-corrected chi connectivity index (χ3v) is 3.55. The lowest BCUT2D eigenvalue weighted by Crippen LogP contribution is -2.07. The minimum absolute atomic E-state index is 0.361. The van der Waals surface area contributed by atoms with Crippen molar-refractivity contribution in [3.05, 3.63) is 11.6 Å². The van der Waals surface area contributed by atoms with Crippen LogP contribution in [0.5, 0.6) is 0 Å². The number of unbranched alkanes of at least 4 members (excludes halogenated alkanes) is 4. The van der Waals surface area contributed by atoms with Gasteiger partial charge in [-0.15, -0.1) is 0 Å². The lowest BCUT2D eigenvalue weighted by molar-refractivity contribution is -0.118. The maximum absolute atomic E-state index is 12.0. The van der Waals surface area contributed by atoms with E-state index in [-0.39, 0.29) is 0 Å². The zero-order chi connectivity index (χ0) is 11.8. The summed E-state index contributed by atoms with van der Waals surface area (Å²) in [4.78, 5) is 12.0. The molecule has 0 aromatic carbocycles. The Morgan fingerprint density at radius 3 is 2.62 bits per heavy atom. The number of hydrogen-bond acceptors (Lipinski definition) is 1. The molecule has 1 atom stereocenters. The molecule has 0 heterocycles. The summed E-state index contributed by atoms with van der Waals surface area (Å²) in [6, 6.07) is 0. The smallest absolute Gasteiger partial charge is 0.161 e. The number of rotatable bonds is 7. The molecule has 0 aliphatic heterocycles. The Morgan fingerprint density at radius 2 is 1.94 bits per heavy atom. The van der Waals surface area contributed by atoms with Gasteiger partial charge in [-0.05, 0) is 31.3 Å². The van der Waals surface area contributed by atoms with Gasteiger partial charge in [0.2, 0.25) is 0 Å². The van der Waals surface area contributed by atoms with E-state index in [2.05, 4.69) is 19.9 Å². The molecular formula is C15H26O. The number of hydrogen-bond donors (Lipinski definition) is 0. The van der Waals surface area contributed by atoms with E-state index in [1.807, 2.05) is 0 Å². The summed E-state index contributed by atoms with van der Waals surface area (Å²) < 4.78 is 0. The van der Waals surface area contributed by atoms with E-state index in [9.17, 15) is 4.79 Å². The molecule has 0 radical (unpaired) electrons. The molecule has 1 rings (SSSR count). The minimum Gasteiger partial charge on any atom is -0.294 e. The number of allylic oxidation sites excluding steroid dienone is 2. The van der Waals surface area contributed by atoms with Crippen molar-refractivity contribution in [1.29, 1.82) is 0 Å². The van der Waals surface area contributed by atoms with Gasteiger partial charge in [0.1, 0.15) is 0 Å². The van der Waals surface area contributed by atoms with Gasteiger partial charge >= 0.3 is 0 Å². The van der Waals surface area contributed by atoms with Gasteiger partial charge in [0, 0.05) is 5.92 Å². The lowest BCUT2D eigenvalue weighted by atomic mass is 9.98. The molecule has 0 saturated heterocycles. The third-order valence-electron chi connectivity index (χ3n) is 3.55. The molecule has 0 bridgehead atoms. The monoisotopic (exact) mass is 222 g/mol. The average molecular weight is 222 g/mol. The van der Waals surface area contributed by atoms with Crippen LogP contribution in [-0.4, -0.2) is 5.78 Å². The molecule has 1 fully saturated rings. The van der Waals surface area contributed by atoms with Gasteiger partial charge in [0.05, 0.1) is 0 Å². The fourth-order valence-corrected chi connectivity index (χ4v) is 2.45. The summed E-state index contributed by atoms with van der Waals surface area (Å²) in [5.74, 6) is 0.826. The summed E-state index contributed by atoms with van der Waals surface area (Å²) in [7, 11) is 0. The van der Waals surface area contributed by atoms with Crippen molar-refractivity contribution in [1.82, 2.24) is 0 Å². The van der Waals surface area contributed by atoms with Crippen LogP contribution in [-0.2, 0) is 4.79 Å². The van der Waals surface area contributed by atoms with E-state index in [1.165, 1.54) is 32.1 Å². The molecule has 1 aliphatic carbocycles. The van der Waals surface area contributed by atoms with Gasteiger partial charge in [0.15, 0.2) is 5.78 Å². The summed E-state index contributed by atoms with van der Waals surface area (Å²) in [6.45, 7) is 4.41. The SMILES string of the molecule is CCCC/C=C1/CCC(CCCCC)C1=O. The van der Waals surface area contributed by atoms with Crippen molar-refractivity contribution in [3.63, 3.8) is 0 Å². The Balaban J connectivity index is 2.32. The second-order valence-corrected chi connectivity index (χ2v) is 4.97. The fraction of sp³-hybridized carbons (Fsp3) is 0.800. The molecule has 0 amide bonds. The van der Waals surface area contributed by atoms with Crippen LogP contribution in [0, 0.1) is 5.92 Å². The van der Waals surface area contributed by atoms with Crippen molar-refractivity contribution < 1.29 is 4.79 Å². The second kappa shape index (κ2) is 7.65. The van der Waals surface area contributed by atoms with Crippen LogP contribution in [0.4, 0.5) is 0 Å². The summed E-state index contributed by atoms with van der Waals surface area (Å²) in [5.41, 5.74) is 1.13. The highest BCUT2D eigenvalue weighted by molar-refractivity contribution is 5.99. The van der Waals surface area contributed by atoms with Gasteiger partial charge < -0.3 is 0 Å². The van der Waals surface area contributed by atoms with Crippen LogP contribution in [0.15, 0.2) is 11.6 Å². The fourth-order valence-electron chi connectivity index (χ4n) is 2.45. The molecular weight excluding hydrogens is 196 g/mol. The van der Waals surface area contributed by atoms with E-state index in [0.29, 0.717) is 11.7 Å². The van der Waals surface area contributed by atoms with Crippen LogP contribution in [0.2, 0.25) is 0 Å². The summed E-state index contributed by atoms with van der Waals surface area (Å²) in [6.07, 6.45) is 12.8. The first kappa shape index (κ1) is 13.5. The van der Waals surface area contributed by atoms with E-state index >= 15 is 0 Å². The van der Waals surface area contributed by atoms with Crippen LogP contribution in [0.25, 0.3) is 0 Å². The molecule has 0 spiro atoms. The molecule has 0 aromatic heterocycles. The highest BCUT2D eigenvalue weighted by Crippen LogP contribution is 2.30. The first-order chi connectivity index (χ1) is 7.79. The van der Waals surface area contributed by atoms with Crippen molar-refractivity contribution in [2.45, 2.75) is 71.6 Å². The molecule has 1 unspecified atom stereocenters. The first-order valence-corrected chi connectivity index (χ1v) is 7.02. The molecule has 92 valence electrons. The topological polar surface area (TPSA) is 17.1 Å². The van der Waals surface area contributed by atoms with Gasteiger partial charge in [-0.2, -0.15) is 0 Å². The van der Waals surface area contributed by atoms with Gasteiger partial charge in [-0.3, -0.25) is 4.79 Å². The van der Waals surface area contributed by atoms with Crippen molar-refractivity contribution in [2.75, 3.05) is 0 Å². The summed E-state index contributed by atoms with van der Waals surface area (Å²) in [5, 5.41) is 0. The normalized spacial score (nSPS) is 23.2. The standard InChI is InChI=1S/C15H26O/c1-3-5-7-9-13-11-12-14(15(13)16)10-8-6-4-2/h9,14H,3-8,10-12H2,1-2H3/b13-9-. The zero-order valence-electron chi connectivity index (χ0n) is 10.9. The van der Waals surface area contributed by atoms with Gasteiger partial charge in [-0.25, -0.2) is 0 Å². The van der Waals surface area contributed by atoms with E-state index < -0.39 is 0 Å². The maximum atomic E-state index is 12.0. The number of ketones is 1. The maximum Gasteiger partial charge on any atom is 0.161 e. The number of Topliss-reactive ketones (excluding diaryl/α,β-unsaturated/α-hetero) is 1. The predicted octanol–water partition coefficient (Wildman–Crippen LogP) is 4.66. The molecule has 1 nitrogen and oxygen atoms in total. The Kier molecular flexibility index (Phi) is 6.44. The largest absolute Gasteiger partial charge is 0.294 e. The van der Waals surface area contributed by atoms with Gasteiger partial charge in [-0.1, -0.05) is 52.0 Å². The number of carbonyl (C=O) groups is 1. The molecule has 0 N–H and O–H groups in total. The molecule has 1 saturated carbocycles. The molecule has 1 heteroatoms. The van der Waals surface area contributed by atoms with Crippen molar-refractivity contribution in [2.24, 2.45) is 5.92 Å². The van der Waals surface area contributed by atoms with E-state index in [4.69, 9.17) is 0 Å². The molecule has 16 heavy (non-hydrogen) atoms. The van der Waals surface area contributed by atoms with Gasteiger partial charge in [0.25, 0.3) is 0 Å². The quantitative estimate of drug-likeness (QED) is 0.452. The highest BCUT2D eigenvalue weighted by atomic mass is 16.1. The molecule has 0 aromatic rings. The minimum atomic E-state index is 0.361. The van der Waals surface area contributed by atoms with Crippen LogP contribution in [0.3, 0.4) is 0 Å². The predicted molar refractivity (Wildman–Crippen MR) is 69.5 cm³/mol. The van der Waals surface area contributed by atoms with Crippen LogP contribution in [0.1, 0.15) is 71.6 Å². The lowest BCUT2D eigenvalue weighted by Gasteiger charge is -2.05.